The van der Waals surface area contributed by atoms with E-state index in [4.69, 9.17) is 10.3 Å². The van der Waals surface area contributed by atoms with E-state index in [9.17, 15) is 12.8 Å². The molecule has 3 aromatic rings. The fourth-order valence-corrected chi connectivity index (χ4v) is 3.91. The fourth-order valence-electron chi connectivity index (χ4n) is 2.51. The number of nitrogen functional groups attached to an aromatic ring is 1. The summed E-state index contributed by atoms with van der Waals surface area (Å²) in [4.78, 5) is 4.12. The van der Waals surface area contributed by atoms with Gasteiger partial charge in [-0.05, 0) is 43.7 Å². The number of pyridine rings is 1. The predicted octanol–water partition coefficient (Wildman–Crippen LogP) is 2.82. The Morgan fingerprint density at radius 1 is 1.15 bits per heavy atom. The minimum absolute atomic E-state index is 0.00874. The largest absolute Gasteiger partial charge is 0.382 e. The topological polar surface area (TPSA) is 123 Å². The van der Waals surface area contributed by atoms with Crippen LogP contribution in [0.2, 0.25) is 0 Å². The summed E-state index contributed by atoms with van der Waals surface area (Å²) in [6.45, 7) is 3.46. The number of aryl methyl sites for hydroxylation is 2. The molecule has 0 amide bonds. The van der Waals surface area contributed by atoms with E-state index < -0.39 is 10.0 Å². The molecule has 0 spiro atoms. The van der Waals surface area contributed by atoms with Crippen LogP contribution in [-0.4, -0.2) is 18.6 Å². The number of hydrogen-bond donors (Lipinski definition) is 3. The van der Waals surface area contributed by atoms with Crippen LogP contribution in [0.4, 0.5) is 21.7 Å². The molecule has 0 aliphatic rings. The number of nitrogens with two attached hydrogens (primary N) is 1. The molecule has 0 radical (unpaired) electrons. The van der Waals surface area contributed by atoms with Gasteiger partial charge in [0.1, 0.15) is 23.1 Å². The molecule has 4 N–H and O–H groups in total. The molecule has 142 valence electrons. The molecule has 27 heavy (non-hydrogen) atoms. The van der Waals surface area contributed by atoms with Gasteiger partial charge in [-0.15, -0.1) is 0 Å². The zero-order valence-corrected chi connectivity index (χ0v) is 15.5. The summed E-state index contributed by atoms with van der Waals surface area (Å²) in [5, 5.41) is 6.69. The fraction of sp³-hybridized carbons (Fsp3) is 0.176. The number of nitrogens with one attached hydrogen (secondary N) is 2. The van der Waals surface area contributed by atoms with E-state index in [0.717, 1.165) is 5.56 Å². The van der Waals surface area contributed by atoms with Gasteiger partial charge in [0.2, 0.25) is 0 Å². The van der Waals surface area contributed by atoms with Gasteiger partial charge in [-0.3, -0.25) is 4.72 Å². The van der Waals surface area contributed by atoms with Gasteiger partial charge in [-0.25, -0.2) is 17.8 Å². The first-order chi connectivity index (χ1) is 12.8. The Labute approximate surface area is 155 Å². The first-order valence-corrected chi connectivity index (χ1v) is 9.45. The second kappa shape index (κ2) is 7.23. The SMILES string of the molecule is Cc1noc(C)c1S(=O)(=O)Nc1ccc(NCc2ccc(F)cc2)nc1N. The normalized spacial score (nSPS) is 11.4. The molecule has 0 saturated carbocycles. The van der Waals surface area contributed by atoms with Crippen LogP contribution in [-0.2, 0) is 16.6 Å². The second-order valence-electron chi connectivity index (χ2n) is 5.87. The molecule has 0 aliphatic heterocycles. The molecule has 0 bridgehead atoms. The van der Waals surface area contributed by atoms with Gasteiger partial charge in [-0.2, -0.15) is 0 Å². The summed E-state index contributed by atoms with van der Waals surface area (Å²) >= 11 is 0. The first-order valence-electron chi connectivity index (χ1n) is 7.97. The molecule has 0 saturated heterocycles. The molecule has 8 nitrogen and oxygen atoms in total. The van der Waals surface area contributed by atoms with Gasteiger partial charge in [0, 0.05) is 6.54 Å². The Balaban J connectivity index is 1.74. The maximum atomic E-state index is 12.9. The van der Waals surface area contributed by atoms with E-state index >= 15 is 0 Å². The van der Waals surface area contributed by atoms with Crippen LogP contribution < -0.4 is 15.8 Å². The zero-order valence-electron chi connectivity index (χ0n) is 14.7. The van der Waals surface area contributed by atoms with Crippen molar-refractivity contribution in [2.45, 2.75) is 25.3 Å². The molecule has 0 fully saturated rings. The smallest absolute Gasteiger partial charge is 0.267 e. The van der Waals surface area contributed by atoms with Gasteiger partial charge in [-0.1, -0.05) is 17.3 Å². The number of halogens is 1. The van der Waals surface area contributed by atoms with E-state index in [0.29, 0.717) is 12.4 Å². The Morgan fingerprint density at radius 3 is 2.44 bits per heavy atom. The van der Waals surface area contributed by atoms with Crippen molar-refractivity contribution in [2.24, 2.45) is 0 Å². The minimum atomic E-state index is -3.91. The molecular weight excluding hydrogens is 373 g/mol. The molecule has 2 heterocycles. The summed E-state index contributed by atoms with van der Waals surface area (Å²) in [6, 6.07) is 9.13. The average Bonchev–Trinajstić information content (AvgIpc) is 2.96. The average molecular weight is 391 g/mol. The van der Waals surface area contributed by atoms with Gasteiger partial charge in [0.05, 0.1) is 5.69 Å². The Bertz CT molecular complexity index is 1050. The third-order valence-electron chi connectivity index (χ3n) is 3.79. The van der Waals surface area contributed by atoms with Crippen molar-refractivity contribution in [2.75, 3.05) is 15.8 Å². The van der Waals surface area contributed by atoms with Gasteiger partial charge in [0.25, 0.3) is 10.0 Å². The van der Waals surface area contributed by atoms with Crippen LogP contribution >= 0.6 is 0 Å². The lowest BCUT2D eigenvalue weighted by Crippen LogP contribution is -2.16. The van der Waals surface area contributed by atoms with Crippen LogP contribution in [0.1, 0.15) is 17.0 Å². The Kier molecular flexibility index (Phi) is 5.00. The number of rotatable bonds is 6. The molecule has 0 aliphatic carbocycles. The highest BCUT2D eigenvalue weighted by Gasteiger charge is 2.25. The Hall–Kier alpha value is -3.14. The van der Waals surface area contributed by atoms with Crippen molar-refractivity contribution in [3.63, 3.8) is 0 Å². The van der Waals surface area contributed by atoms with Crippen LogP contribution in [0.3, 0.4) is 0 Å². The third-order valence-corrected chi connectivity index (χ3v) is 5.40. The molecule has 1 aromatic carbocycles. The maximum Gasteiger partial charge on any atom is 0.267 e. The molecule has 0 unspecified atom stereocenters. The number of benzene rings is 1. The Morgan fingerprint density at radius 2 is 1.85 bits per heavy atom. The van der Waals surface area contributed by atoms with E-state index in [1.807, 2.05) is 0 Å². The monoisotopic (exact) mass is 391 g/mol. The lowest BCUT2D eigenvalue weighted by molar-refractivity contribution is 0.390. The highest BCUT2D eigenvalue weighted by Crippen LogP contribution is 2.25. The van der Waals surface area contributed by atoms with Crippen LogP contribution in [0.15, 0.2) is 45.8 Å². The summed E-state index contributed by atoms with van der Waals surface area (Å²) in [7, 11) is -3.91. The van der Waals surface area contributed by atoms with E-state index in [1.54, 1.807) is 18.2 Å². The quantitative estimate of drug-likeness (QED) is 0.590. The predicted molar refractivity (Wildman–Crippen MR) is 99.2 cm³/mol. The third kappa shape index (κ3) is 4.17. The molecule has 10 heteroatoms. The standard InChI is InChI=1S/C17H18FN5O3S/c1-10-16(11(2)26-22-10)27(24,25)23-14-7-8-15(21-17(14)19)20-9-12-3-5-13(18)6-4-12/h3-8,23H,9H2,1-2H3,(H3,19,20,21). The van der Waals surface area contributed by atoms with Crippen molar-refractivity contribution < 1.29 is 17.3 Å². The van der Waals surface area contributed by atoms with Crippen molar-refractivity contribution in [1.82, 2.24) is 10.1 Å². The van der Waals surface area contributed by atoms with Crippen molar-refractivity contribution in [3.05, 3.63) is 59.2 Å². The zero-order chi connectivity index (χ0) is 19.6. The lowest BCUT2D eigenvalue weighted by atomic mass is 10.2. The molecular formula is C17H18FN5O3S. The van der Waals surface area contributed by atoms with Gasteiger partial charge in [0.15, 0.2) is 10.7 Å². The van der Waals surface area contributed by atoms with Gasteiger partial charge >= 0.3 is 0 Å². The minimum Gasteiger partial charge on any atom is -0.382 e. The number of nitrogens with zero attached hydrogens (tertiary/aromatic N) is 2. The summed E-state index contributed by atoms with van der Waals surface area (Å²) in [5.74, 6) is 0.340. The van der Waals surface area contributed by atoms with E-state index in [-0.39, 0.29) is 33.7 Å². The highest BCUT2D eigenvalue weighted by molar-refractivity contribution is 7.92. The van der Waals surface area contributed by atoms with E-state index in [2.05, 4.69) is 20.2 Å². The summed E-state index contributed by atoms with van der Waals surface area (Å²) in [6.07, 6.45) is 0. The first kappa shape index (κ1) is 18.6. The number of hydrogen-bond acceptors (Lipinski definition) is 7. The molecule has 3 rings (SSSR count). The highest BCUT2D eigenvalue weighted by atomic mass is 32.2. The summed E-state index contributed by atoms with van der Waals surface area (Å²) < 4.78 is 45.3. The van der Waals surface area contributed by atoms with Crippen LogP contribution in [0, 0.1) is 19.7 Å². The summed E-state index contributed by atoms with van der Waals surface area (Å²) in [5.41, 5.74) is 7.14. The second-order valence-corrected chi connectivity index (χ2v) is 7.49. The van der Waals surface area contributed by atoms with E-state index in [1.165, 1.54) is 32.0 Å². The van der Waals surface area contributed by atoms with Crippen molar-refractivity contribution >= 4 is 27.3 Å². The van der Waals surface area contributed by atoms with Crippen molar-refractivity contribution in [1.29, 1.82) is 0 Å². The van der Waals surface area contributed by atoms with Crippen LogP contribution in [0.5, 0.6) is 0 Å². The molecule has 2 aromatic heterocycles. The molecule has 0 atom stereocenters. The number of anilines is 3. The lowest BCUT2D eigenvalue weighted by Gasteiger charge is -2.12. The maximum absolute atomic E-state index is 12.9. The van der Waals surface area contributed by atoms with Crippen molar-refractivity contribution in [3.8, 4) is 0 Å². The number of aromatic nitrogens is 2. The number of sulfonamides is 1. The van der Waals surface area contributed by atoms with Crippen LogP contribution in [0.25, 0.3) is 0 Å². The van der Waals surface area contributed by atoms with Gasteiger partial charge < -0.3 is 15.6 Å².